The molecule has 7 heteroatoms. The maximum Gasteiger partial charge on any atom is 0.226 e. The van der Waals surface area contributed by atoms with Crippen LogP contribution in [0.25, 0.3) is 11.0 Å². The second kappa shape index (κ2) is 4.55. The standard InChI is InChI=1S/C11H10ClN5S/c1-6(8-3-2-4-18-8)14-9-7-5-13-17-10(7)16-11(12)15-9/h2-6H,1H3,(H2,13,14,15,16,17). The molecule has 3 heterocycles. The molecular formula is C11H10ClN5S. The van der Waals surface area contributed by atoms with Gasteiger partial charge in [-0.25, -0.2) is 0 Å². The molecule has 1 unspecified atom stereocenters. The van der Waals surface area contributed by atoms with Crippen molar-refractivity contribution in [3.05, 3.63) is 33.9 Å². The average molecular weight is 280 g/mol. The van der Waals surface area contributed by atoms with Gasteiger partial charge in [0.15, 0.2) is 5.65 Å². The van der Waals surface area contributed by atoms with Crippen LogP contribution in [0.1, 0.15) is 17.8 Å². The second-order valence-corrected chi connectivity index (χ2v) is 5.17. The van der Waals surface area contributed by atoms with E-state index in [2.05, 4.69) is 38.5 Å². The van der Waals surface area contributed by atoms with Gasteiger partial charge in [-0.3, -0.25) is 5.10 Å². The number of fused-ring (bicyclic) bond motifs is 1. The lowest BCUT2D eigenvalue weighted by atomic mass is 10.2. The Bertz CT molecular complexity index is 663. The first-order valence-corrected chi connectivity index (χ1v) is 6.66. The van der Waals surface area contributed by atoms with Gasteiger partial charge in [-0.1, -0.05) is 6.07 Å². The van der Waals surface area contributed by atoms with E-state index in [9.17, 15) is 0 Å². The van der Waals surface area contributed by atoms with Gasteiger partial charge in [-0.05, 0) is 30.0 Å². The van der Waals surface area contributed by atoms with E-state index in [1.807, 2.05) is 11.4 Å². The Kier molecular flexibility index (Phi) is 2.89. The van der Waals surface area contributed by atoms with E-state index in [4.69, 9.17) is 11.6 Å². The van der Waals surface area contributed by atoms with Gasteiger partial charge in [0.2, 0.25) is 5.28 Å². The van der Waals surface area contributed by atoms with Gasteiger partial charge in [-0.2, -0.15) is 15.1 Å². The third-order valence-electron chi connectivity index (χ3n) is 2.61. The molecular weight excluding hydrogens is 270 g/mol. The van der Waals surface area contributed by atoms with Crippen LogP contribution < -0.4 is 5.32 Å². The summed E-state index contributed by atoms with van der Waals surface area (Å²) in [7, 11) is 0. The van der Waals surface area contributed by atoms with Crippen molar-refractivity contribution in [1.82, 2.24) is 20.2 Å². The van der Waals surface area contributed by atoms with Crippen molar-refractivity contribution < 1.29 is 0 Å². The Morgan fingerprint density at radius 1 is 1.44 bits per heavy atom. The van der Waals surface area contributed by atoms with Crippen LogP contribution in [-0.2, 0) is 0 Å². The first-order valence-electron chi connectivity index (χ1n) is 5.40. The molecule has 0 bridgehead atoms. The molecule has 0 spiro atoms. The molecule has 3 aromatic heterocycles. The molecule has 3 aromatic rings. The highest BCUT2D eigenvalue weighted by molar-refractivity contribution is 7.10. The molecule has 0 saturated heterocycles. The minimum atomic E-state index is 0.161. The topological polar surface area (TPSA) is 66.5 Å². The first-order chi connectivity index (χ1) is 8.74. The number of rotatable bonds is 3. The number of nitrogens with zero attached hydrogens (tertiary/aromatic N) is 3. The largest absolute Gasteiger partial charge is 0.362 e. The van der Waals surface area contributed by atoms with Crippen LogP contribution in [-0.4, -0.2) is 20.2 Å². The van der Waals surface area contributed by atoms with Gasteiger partial charge in [-0.15, -0.1) is 11.3 Å². The third-order valence-corrected chi connectivity index (χ3v) is 3.83. The van der Waals surface area contributed by atoms with Crippen molar-refractivity contribution in [2.75, 3.05) is 5.32 Å². The van der Waals surface area contributed by atoms with E-state index in [0.29, 0.717) is 11.5 Å². The molecule has 3 rings (SSSR count). The molecule has 0 aliphatic rings. The smallest absolute Gasteiger partial charge is 0.226 e. The molecule has 0 aliphatic heterocycles. The Labute approximate surface area is 112 Å². The fraction of sp³-hybridized carbons (Fsp3) is 0.182. The summed E-state index contributed by atoms with van der Waals surface area (Å²) in [6, 6.07) is 4.27. The van der Waals surface area contributed by atoms with Crippen LogP contribution in [0.15, 0.2) is 23.7 Å². The summed E-state index contributed by atoms with van der Waals surface area (Å²) in [5.74, 6) is 0.694. The van der Waals surface area contributed by atoms with Crippen molar-refractivity contribution in [3.8, 4) is 0 Å². The van der Waals surface area contributed by atoms with Crippen LogP contribution >= 0.6 is 22.9 Å². The van der Waals surface area contributed by atoms with Crippen LogP contribution in [0.2, 0.25) is 5.28 Å². The summed E-state index contributed by atoms with van der Waals surface area (Å²) in [6.07, 6.45) is 1.69. The van der Waals surface area contributed by atoms with Crippen LogP contribution in [0.3, 0.4) is 0 Å². The maximum absolute atomic E-state index is 5.88. The highest BCUT2D eigenvalue weighted by atomic mass is 35.5. The number of hydrogen-bond acceptors (Lipinski definition) is 5. The van der Waals surface area contributed by atoms with Gasteiger partial charge in [0, 0.05) is 4.88 Å². The second-order valence-electron chi connectivity index (χ2n) is 3.85. The zero-order valence-electron chi connectivity index (χ0n) is 9.51. The number of H-pyrrole nitrogens is 1. The normalized spacial score (nSPS) is 12.8. The molecule has 0 aromatic carbocycles. The van der Waals surface area contributed by atoms with E-state index in [1.165, 1.54) is 4.88 Å². The number of aromatic nitrogens is 4. The van der Waals surface area contributed by atoms with Gasteiger partial charge < -0.3 is 5.32 Å². The number of nitrogens with one attached hydrogen (secondary N) is 2. The Morgan fingerprint density at radius 3 is 3.11 bits per heavy atom. The summed E-state index contributed by atoms with van der Waals surface area (Å²) in [4.78, 5) is 9.51. The van der Waals surface area contributed by atoms with E-state index in [1.54, 1.807) is 17.5 Å². The van der Waals surface area contributed by atoms with Gasteiger partial charge in [0.05, 0.1) is 17.6 Å². The quantitative estimate of drug-likeness (QED) is 0.722. The Balaban J connectivity index is 1.97. The monoisotopic (exact) mass is 279 g/mol. The molecule has 2 N–H and O–H groups in total. The zero-order valence-corrected chi connectivity index (χ0v) is 11.1. The predicted molar refractivity (Wildman–Crippen MR) is 73.1 cm³/mol. The minimum absolute atomic E-state index is 0.161. The molecule has 1 atom stereocenters. The summed E-state index contributed by atoms with van der Waals surface area (Å²) in [6.45, 7) is 2.08. The van der Waals surface area contributed by atoms with E-state index in [0.717, 1.165) is 5.39 Å². The first kappa shape index (κ1) is 11.4. The summed E-state index contributed by atoms with van der Waals surface area (Å²) >= 11 is 7.58. The Morgan fingerprint density at radius 2 is 2.33 bits per heavy atom. The van der Waals surface area contributed by atoms with Crippen molar-refractivity contribution in [3.63, 3.8) is 0 Å². The Hall–Kier alpha value is -1.66. The summed E-state index contributed by atoms with van der Waals surface area (Å²) < 4.78 is 0. The van der Waals surface area contributed by atoms with Gasteiger partial charge in [0.1, 0.15) is 5.82 Å². The fourth-order valence-electron chi connectivity index (χ4n) is 1.73. The average Bonchev–Trinajstić information content (AvgIpc) is 2.98. The lowest BCUT2D eigenvalue weighted by molar-refractivity contribution is 0.898. The van der Waals surface area contributed by atoms with Crippen LogP contribution in [0.5, 0.6) is 0 Å². The zero-order chi connectivity index (χ0) is 12.5. The molecule has 0 aliphatic carbocycles. The van der Waals surface area contributed by atoms with E-state index in [-0.39, 0.29) is 11.3 Å². The predicted octanol–water partition coefficient (Wildman–Crippen LogP) is 3.24. The molecule has 0 fully saturated rings. The molecule has 0 saturated carbocycles. The van der Waals surface area contributed by atoms with Crippen LogP contribution in [0, 0.1) is 0 Å². The summed E-state index contributed by atoms with van der Waals surface area (Å²) in [5.41, 5.74) is 0.635. The summed E-state index contributed by atoms with van der Waals surface area (Å²) in [5, 5.41) is 13.2. The number of halogens is 1. The number of hydrogen-bond donors (Lipinski definition) is 2. The molecule has 0 amide bonds. The van der Waals surface area contributed by atoms with Crippen LogP contribution in [0.4, 0.5) is 5.82 Å². The lowest BCUT2D eigenvalue weighted by Gasteiger charge is -2.13. The van der Waals surface area contributed by atoms with Crippen molar-refractivity contribution in [2.24, 2.45) is 0 Å². The number of anilines is 1. The fourth-order valence-corrected chi connectivity index (χ4v) is 2.63. The van der Waals surface area contributed by atoms with E-state index >= 15 is 0 Å². The third kappa shape index (κ3) is 2.04. The number of thiophene rings is 1. The maximum atomic E-state index is 5.88. The van der Waals surface area contributed by atoms with Crippen molar-refractivity contribution in [1.29, 1.82) is 0 Å². The molecule has 5 nitrogen and oxygen atoms in total. The minimum Gasteiger partial charge on any atom is -0.362 e. The lowest BCUT2D eigenvalue weighted by Crippen LogP contribution is -2.07. The van der Waals surface area contributed by atoms with Gasteiger partial charge >= 0.3 is 0 Å². The number of aromatic amines is 1. The van der Waals surface area contributed by atoms with Crippen molar-refractivity contribution >= 4 is 39.8 Å². The highest BCUT2D eigenvalue weighted by Gasteiger charge is 2.12. The molecule has 92 valence electrons. The SMILES string of the molecule is CC(Nc1nc(Cl)nc2[nH]ncc12)c1cccs1. The molecule has 0 radical (unpaired) electrons. The highest BCUT2D eigenvalue weighted by Crippen LogP contribution is 2.26. The van der Waals surface area contributed by atoms with Gasteiger partial charge in [0.25, 0.3) is 0 Å². The van der Waals surface area contributed by atoms with Crippen molar-refractivity contribution in [2.45, 2.75) is 13.0 Å². The van der Waals surface area contributed by atoms with E-state index < -0.39 is 0 Å². The molecule has 18 heavy (non-hydrogen) atoms.